The molecule has 4 aromatic carbocycles. The Labute approximate surface area is 241 Å². The largest absolute Gasteiger partial charge is 0.423 e. The number of benzene rings is 4. The monoisotopic (exact) mass is 658 g/mol. The molecule has 0 saturated heterocycles. The SMILES string of the molecule is O=C(Oc1ccc(C=NNC(=O)c2ccccc2I)c(OC(=O)c2ccc(Cl)cc2)c1)c1ccc(Cl)cc1. The van der Waals surface area contributed by atoms with Crippen LogP contribution in [0, 0.1) is 3.57 Å². The van der Waals surface area contributed by atoms with Gasteiger partial charge in [0, 0.05) is 25.2 Å². The van der Waals surface area contributed by atoms with E-state index in [1.54, 1.807) is 42.5 Å². The molecule has 0 bridgehead atoms. The van der Waals surface area contributed by atoms with E-state index in [2.05, 4.69) is 33.1 Å². The van der Waals surface area contributed by atoms with Crippen molar-refractivity contribution >= 4 is 69.9 Å². The van der Waals surface area contributed by atoms with Crippen molar-refractivity contribution in [2.24, 2.45) is 5.10 Å². The molecule has 0 aliphatic rings. The highest BCUT2D eigenvalue weighted by molar-refractivity contribution is 14.1. The smallest absolute Gasteiger partial charge is 0.343 e. The van der Waals surface area contributed by atoms with Gasteiger partial charge in [0.05, 0.1) is 22.9 Å². The van der Waals surface area contributed by atoms with E-state index in [9.17, 15) is 14.4 Å². The van der Waals surface area contributed by atoms with Crippen molar-refractivity contribution in [2.75, 3.05) is 0 Å². The summed E-state index contributed by atoms with van der Waals surface area (Å²) in [7, 11) is 0. The van der Waals surface area contributed by atoms with E-state index in [0.29, 0.717) is 21.2 Å². The molecule has 7 nitrogen and oxygen atoms in total. The summed E-state index contributed by atoms with van der Waals surface area (Å²) >= 11 is 13.8. The van der Waals surface area contributed by atoms with E-state index < -0.39 is 17.8 Å². The van der Waals surface area contributed by atoms with Crippen molar-refractivity contribution in [3.63, 3.8) is 0 Å². The number of nitrogens with one attached hydrogen (secondary N) is 1. The Morgan fingerprint density at radius 3 is 1.95 bits per heavy atom. The minimum Gasteiger partial charge on any atom is -0.423 e. The number of amides is 1. The third-order valence-electron chi connectivity index (χ3n) is 5.05. The molecule has 0 radical (unpaired) electrons. The Morgan fingerprint density at radius 1 is 0.763 bits per heavy atom. The number of halogens is 3. The van der Waals surface area contributed by atoms with Crippen molar-refractivity contribution in [3.05, 3.63) is 127 Å². The second-order valence-electron chi connectivity index (χ2n) is 7.67. The summed E-state index contributed by atoms with van der Waals surface area (Å²) in [6, 6.07) is 23.8. The van der Waals surface area contributed by atoms with Crippen LogP contribution < -0.4 is 14.9 Å². The molecule has 0 aliphatic carbocycles. The number of hydrogen-bond donors (Lipinski definition) is 1. The molecule has 1 N–H and O–H groups in total. The summed E-state index contributed by atoms with van der Waals surface area (Å²) in [5.41, 5.74) is 3.81. The standard InChI is InChI=1S/C28H17Cl2IN2O5/c29-20-10-5-17(6-11-20)27(35)37-22-14-9-19(16-32-33-26(34)23-3-1-2-4-24(23)31)25(15-22)38-28(36)18-7-12-21(30)13-8-18/h1-16H,(H,33,34). The molecule has 190 valence electrons. The second kappa shape index (κ2) is 12.7. The van der Waals surface area contributed by atoms with E-state index in [1.165, 1.54) is 48.7 Å². The zero-order chi connectivity index (χ0) is 27.1. The molecule has 0 unspecified atom stereocenters. The van der Waals surface area contributed by atoms with E-state index >= 15 is 0 Å². The fourth-order valence-electron chi connectivity index (χ4n) is 3.14. The Balaban J connectivity index is 1.57. The van der Waals surface area contributed by atoms with Crippen LogP contribution in [0.1, 0.15) is 36.6 Å². The minimum atomic E-state index is -0.666. The minimum absolute atomic E-state index is 0.0543. The molecule has 0 spiro atoms. The van der Waals surface area contributed by atoms with Crippen molar-refractivity contribution < 1.29 is 23.9 Å². The second-order valence-corrected chi connectivity index (χ2v) is 9.71. The lowest BCUT2D eigenvalue weighted by Crippen LogP contribution is -2.19. The molecule has 0 aliphatic heterocycles. The van der Waals surface area contributed by atoms with Crippen LogP contribution in [0.3, 0.4) is 0 Å². The van der Waals surface area contributed by atoms with Crippen molar-refractivity contribution in [1.29, 1.82) is 0 Å². The fraction of sp³-hybridized carbons (Fsp3) is 0. The lowest BCUT2D eigenvalue weighted by Gasteiger charge is -2.11. The molecule has 0 atom stereocenters. The number of rotatable bonds is 7. The van der Waals surface area contributed by atoms with Gasteiger partial charge in [-0.15, -0.1) is 0 Å². The predicted octanol–water partition coefficient (Wildman–Crippen LogP) is 6.80. The van der Waals surface area contributed by atoms with Crippen LogP contribution in [0.5, 0.6) is 11.5 Å². The third-order valence-corrected chi connectivity index (χ3v) is 6.49. The van der Waals surface area contributed by atoms with Crippen molar-refractivity contribution in [1.82, 2.24) is 5.43 Å². The van der Waals surface area contributed by atoms with Gasteiger partial charge in [-0.25, -0.2) is 15.0 Å². The molecule has 0 aromatic heterocycles. The van der Waals surface area contributed by atoms with Gasteiger partial charge in [-0.05, 0) is 95.4 Å². The summed E-state index contributed by atoms with van der Waals surface area (Å²) in [4.78, 5) is 37.8. The molecular weight excluding hydrogens is 642 g/mol. The van der Waals surface area contributed by atoms with Gasteiger partial charge in [-0.3, -0.25) is 4.79 Å². The maximum Gasteiger partial charge on any atom is 0.343 e. The van der Waals surface area contributed by atoms with E-state index in [1.807, 2.05) is 6.07 Å². The number of carbonyl (C=O) groups is 3. The number of hydrazone groups is 1. The predicted molar refractivity (Wildman–Crippen MR) is 153 cm³/mol. The number of carbonyl (C=O) groups excluding carboxylic acids is 3. The molecule has 1 amide bonds. The van der Waals surface area contributed by atoms with Gasteiger partial charge >= 0.3 is 11.9 Å². The molecule has 4 aromatic rings. The first-order chi connectivity index (χ1) is 18.3. The van der Waals surface area contributed by atoms with Gasteiger partial charge in [0.25, 0.3) is 5.91 Å². The van der Waals surface area contributed by atoms with Crippen molar-refractivity contribution in [3.8, 4) is 11.5 Å². The molecular formula is C28H17Cl2IN2O5. The van der Waals surface area contributed by atoms with Gasteiger partial charge in [-0.1, -0.05) is 35.3 Å². The van der Waals surface area contributed by atoms with Crippen LogP contribution in [0.2, 0.25) is 10.0 Å². The Kier molecular flexibility index (Phi) is 9.11. The van der Waals surface area contributed by atoms with E-state index in [4.69, 9.17) is 32.7 Å². The number of esters is 2. The Morgan fingerprint density at radius 2 is 1.34 bits per heavy atom. The summed E-state index contributed by atoms with van der Waals surface area (Å²) < 4.78 is 11.8. The zero-order valence-corrected chi connectivity index (χ0v) is 23.0. The van der Waals surface area contributed by atoms with E-state index in [0.717, 1.165) is 3.57 Å². The molecule has 4 rings (SSSR count). The van der Waals surface area contributed by atoms with Gasteiger partial charge in [0.2, 0.25) is 0 Å². The summed E-state index contributed by atoms with van der Waals surface area (Å²) in [6.45, 7) is 0. The highest BCUT2D eigenvalue weighted by Crippen LogP contribution is 2.26. The summed E-state index contributed by atoms with van der Waals surface area (Å²) in [5, 5.41) is 4.95. The van der Waals surface area contributed by atoms with Crippen LogP contribution in [0.25, 0.3) is 0 Å². The maximum absolute atomic E-state index is 12.8. The van der Waals surface area contributed by atoms with Crippen LogP contribution in [-0.4, -0.2) is 24.1 Å². The highest BCUT2D eigenvalue weighted by atomic mass is 127. The number of nitrogens with zero attached hydrogens (tertiary/aromatic N) is 1. The molecule has 0 fully saturated rings. The lowest BCUT2D eigenvalue weighted by molar-refractivity contribution is 0.0732. The number of ether oxygens (including phenoxy) is 2. The highest BCUT2D eigenvalue weighted by Gasteiger charge is 2.15. The van der Waals surface area contributed by atoms with Crippen LogP contribution in [0.15, 0.2) is 96.1 Å². The number of hydrogen-bond acceptors (Lipinski definition) is 6. The van der Waals surface area contributed by atoms with Crippen LogP contribution in [0.4, 0.5) is 0 Å². The average Bonchev–Trinajstić information content (AvgIpc) is 2.90. The van der Waals surface area contributed by atoms with Crippen LogP contribution >= 0.6 is 45.8 Å². The first kappa shape index (κ1) is 27.3. The van der Waals surface area contributed by atoms with Gasteiger partial charge in [-0.2, -0.15) is 5.10 Å². The van der Waals surface area contributed by atoms with Crippen molar-refractivity contribution in [2.45, 2.75) is 0 Å². The topological polar surface area (TPSA) is 94.1 Å². The van der Waals surface area contributed by atoms with Gasteiger partial charge < -0.3 is 9.47 Å². The first-order valence-electron chi connectivity index (χ1n) is 11.0. The Hall–Kier alpha value is -3.73. The summed E-state index contributed by atoms with van der Waals surface area (Å²) in [5.74, 6) is -1.51. The average molecular weight is 659 g/mol. The fourth-order valence-corrected chi connectivity index (χ4v) is 4.02. The zero-order valence-electron chi connectivity index (χ0n) is 19.4. The molecule has 0 saturated carbocycles. The van der Waals surface area contributed by atoms with Gasteiger partial charge in [0.15, 0.2) is 0 Å². The first-order valence-corrected chi connectivity index (χ1v) is 12.8. The lowest BCUT2D eigenvalue weighted by atomic mass is 10.2. The van der Waals surface area contributed by atoms with E-state index in [-0.39, 0.29) is 22.6 Å². The van der Waals surface area contributed by atoms with Gasteiger partial charge in [0.1, 0.15) is 11.5 Å². The molecule has 38 heavy (non-hydrogen) atoms. The van der Waals surface area contributed by atoms with Crippen LogP contribution in [-0.2, 0) is 0 Å². The summed E-state index contributed by atoms with van der Waals surface area (Å²) in [6.07, 6.45) is 1.32. The molecule has 10 heteroatoms. The third kappa shape index (κ3) is 7.18. The maximum atomic E-state index is 12.8. The normalized spacial score (nSPS) is 10.7. The Bertz CT molecular complexity index is 1520. The quantitative estimate of drug-likeness (QED) is 0.0775. The molecule has 0 heterocycles.